The Morgan fingerprint density at radius 3 is 0.955 bits per heavy atom. The Morgan fingerprint density at radius 2 is 0.818 bits per heavy atom. The van der Waals surface area contributed by atoms with Gasteiger partial charge >= 0.3 is 23.9 Å². The highest BCUT2D eigenvalue weighted by Gasteiger charge is 2.29. The molecule has 0 aromatic heterocycles. The standard InChI is InChI=1S/C12H20N2O8/c1-7(13(3-9(15)16)4-10(17)18)8(2)14(5-11(19)20)6-12(21)22/h7-8H,3-6H2,1-2H3,(H,15,16)(H,17,18)(H,19,20)(H,21,22)/t7-,8+. The fraction of sp³-hybridized carbons (Fsp3) is 0.667. The van der Waals surface area contributed by atoms with Gasteiger partial charge in [0.1, 0.15) is 0 Å². The highest BCUT2D eigenvalue weighted by atomic mass is 16.4. The average Bonchev–Trinajstić information content (AvgIpc) is 2.33. The van der Waals surface area contributed by atoms with Crippen molar-refractivity contribution in [1.82, 2.24) is 9.80 Å². The van der Waals surface area contributed by atoms with Crippen molar-refractivity contribution in [3.63, 3.8) is 0 Å². The predicted octanol–water partition coefficient (Wildman–Crippen LogP) is -1.29. The zero-order chi connectivity index (χ0) is 17.4. The van der Waals surface area contributed by atoms with E-state index in [1.807, 2.05) is 0 Å². The van der Waals surface area contributed by atoms with E-state index in [1.54, 1.807) is 0 Å². The Balaban J connectivity index is 5.13. The molecule has 0 saturated heterocycles. The molecule has 10 nitrogen and oxygen atoms in total. The third kappa shape index (κ3) is 7.55. The molecular weight excluding hydrogens is 300 g/mol. The lowest BCUT2D eigenvalue weighted by molar-refractivity contribution is -0.147. The summed E-state index contributed by atoms with van der Waals surface area (Å²) in [6.45, 7) is 0.843. The SMILES string of the molecule is C[C@H]([C@H](C)N(CC(=O)O)CC(=O)O)N(CC(=O)O)CC(=O)O. The Hall–Kier alpha value is -2.20. The van der Waals surface area contributed by atoms with E-state index in [9.17, 15) is 19.2 Å². The quantitative estimate of drug-likeness (QED) is 0.361. The molecule has 0 rings (SSSR count). The van der Waals surface area contributed by atoms with Gasteiger partial charge < -0.3 is 20.4 Å². The first-order chi connectivity index (χ1) is 10.0. The van der Waals surface area contributed by atoms with E-state index in [-0.39, 0.29) is 0 Å². The molecule has 0 unspecified atom stereocenters. The molecule has 0 spiro atoms. The fourth-order valence-corrected chi connectivity index (χ4v) is 1.99. The Morgan fingerprint density at radius 1 is 0.636 bits per heavy atom. The molecule has 4 N–H and O–H groups in total. The van der Waals surface area contributed by atoms with Crippen LogP contribution in [0.1, 0.15) is 13.8 Å². The zero-order valence-corrected chi connectivity index (χ0v) is 12.3. The molecule has 0 heterocycles. The van der Waals surface area contributed by atoms with Crippen molar-refractivity contribution in [3.05, 3.63) is 0 Å². The van der Waals surface area contributed by atoms with Gasteiger partial charge in [0.25, 0.3) is 0 Å². The largest absolute Gasteiger partial charge is 0.480 e. The van der Waals surface area contributed by atoms with E-state index >= 15 is 0 Å². The molecule has 0 aliphatic heterocycles. The number of rotatable bonds is 11. The second-order valence-electron chi connectivity index (χ2n) is 4.87. The van der Waals surface area contributed by atoms with Crippen molar-refractivity contribution in [3.8, 4) is 0 Å². The molecule has 2 atom stereocenters. The third-order valence-corrected chi connectivity index (χ3v) is 3.20. The third-order valence-electron chi connectivity index (χ3n) is 3.20. The van der Waals surface area contributed by atoms with Crippen LogP contribution in [0.3, 0.4) is 0 Å². The second-order valence-corrected chi connectivity index (χ2v) is 4.87. The summed E-state index contributed by atoms with van der Waals surface area (Å²) in [5, 5.41) is 35.3. The lowest BCUT2D eigenvalue weighted by Crippen LogP contribution is -2.53. The monoisotopic (exact) mass is 320 g/mol. The lowest BCUT2D eigenvalue weighted by Gasteiger charge is -2.36. The Bertz CT molecular complexity index is 367. The molecule has 0 bridgehead atoms. The normalized spacial score (nSPS) is 13.8. The van der Waals surface area contributed by atoms with E-state index < -0.39 is 62.1 Å². The molecule has 0 fully saturated rings. The van der Waals surface area contributed by atoms with E-state index in [2.05, 4.69) is 0 Å². The van der Waals surface area contributed by atoms with Gasteiger partial charge in [0.2, 0.25) is 0 Å². The van der Waals surface area contributed by atoms with E-state index in [0.29, 0.717) is 0 Å². The number of aliphatic carboxylic acids is 4. The molecule has 0 aromatic carbocycles. The molecule has 0 amide bonds. The van der Waals surface area contributed by atoms with Crippen molar-refractivity contribution in [2.24, 2.45) is 0 Å². The number of carboxylic acid groups (broad SMARTS) is 4. The molecule has 0 aromatic rings. The molecule has 126 valence electrons. The first-order valence-electron chi connectivity index (χ1n) is 6.39. The summed E-state index contributed by atoms with van der Waals surface area (Å²) < 4.78 is 0. The molecule has 0 aliphatic carbocycles. The number of nitrogens with zero attached hydrogens (tertiary/aromatic N) is 2. The van der Waals surface area contributed by atoms with Crippen LogP contribution >= 0.6 is 0 Å². The summed E-state index contributed by atoms with van der Waals surface area (Å²) in [5.74, 6) is -4.93. The summed E-state index contributed by atoms with van der Waals surface area (Å²) >= 11 is 0. The average molecular weight is 320 g/mol. The minimum Gasteiger partial charge on any atom is -0.480 e. The van der Waals surface area contributed by atoms with Crippen LogP contribution in [-0.4, -0.2) is 92.4 Å². The Labute approximate surface area is 126 Å². The van der Waals surface area contributed by atoms with Crippen LogP contribution in [0.5, 0.6) is 0 Å². The minimum atomic E-state index is -1.23. The van der Waals surface area contributed by atoms with Gasteiger partial charge in [-0.05, 0) is 13.8 Å². The first kappa shape index (κ1) is 19.8. The molecule has 0 radical (unpaired) electrons. The van der Waals surface area contributed by atoms with Crippen LogP contribution in [0, 0.1) is 0 Å². The summed E-state index contributed by atoms with van der Waals surface area (Å²) in [7, 11) is 0. The maximum atomic E-state index is 10.8. The van der Waals surface area contributed by atoms with Crippen molar-refractivity contribution in [2.75, 3.05) is 26.2 Å². The van der Waals surface area contributed by atoms with Gasteiger partial charge in [-0.2, -0.15) is 0 Å². The number of carbonyl (C=O) groups is 4. The topological polar surface area (TPSA) is 156 Å². The molecule has 22 heavy (non-hydrogen) atoms. The number of carboxylic acids is 4. The van der Waals surface area contributed by atoms with E-state index in [1.165, 1.54) is 13.8 Å². The first-order valence-corrected chi connectivity index (χ1v) is 6.39. The second kappa shape index (κ2) is 8.95. The maximum Gasteiger partial charge on any atom is 0.317 e. The molecular formula is C12H20N2O8. The summed E-state index contributed by atoms with van der Waals surface area (Å²) in [4.78, 5) is 45.5. The van der Waals surface area contributed by atoms with Gasteiger partial charge in [0.05, 0.1) is 26.2 Å². The van der Waals surface area contributed by atoms with Crippen LogP contribution in [0.4, 0.5) is 0 Å². The van der Waals surface area contributed by atoms with Crippen molar-refractivity contribution in [2.45, 2.75) is 25.9 Å². The van der Waals surface area contributed by atoms with Gasteiger partial charge in [-0.1, -0.05) is 0 Å². The maximum absolute atomic E-state index is 10.8. The van der Waals surface area contributed by atoms with Crippen LogP contribution in [0.15, 0.2) is 0 Å². The molecule has 0 aliphatic rings. The van der Waals surface area contributed by atoms with Crippen molar-refractivity contribution in [1.29, 1.82) is 0 Å². The summed E-state index contributed by atoms with van der Waals surface area (Å²) in [6.07, 6.45) is 0. The summed E-state index contributed by atoms with van der Waals surface area (Å²) in [6, 6.07) is -1.35. The minimum absolute atomic E-state index is 0.550. The van der Waals surface area contributed by atoms with Crippen LogP contribution in [-0.2, 0) is 19.2 Å². The smallest absolute Gasteiger partial charge is 0.317 e. The van der Waals surface area contributed by atoms with Crippen LogP contribution in [0.2, 0.25) is 0 Å². The van der Waals surface area contributed by atoms with Crippen molar-refractivity contribution < 1.29 is 39.6 Å². The van der Waals surface area contributed by atoms with Crippen molar-refractivity contribution >= 4 is 23.9 Å². The number of hydrogen-bond donors (Lipinski definition) is 4. The lowest BCUT2D eigenvalue weighted by atomic mass is 10.1. The van der Waals surface area contributed by atoms with Gasteiger partial charge in [-0.3, -0.25) is 29.0 Å². The van der Waals surface area contributed by atoms with Gasteiger partial charge in [0, 0.05) is 12.1 Å². The highest BCUT2D eigenvalue weighted by molar-refractivity contribution is 5.73. The highest BCUT2D eigenvalue weighted by Crippen LogP contribution is 2.11. The van der Waals surface area contributed by atoms with Crippen LogP contribution in [0.25, 0.3) is 0 Å². The van der Waals surface area contributed by atoms with Gasteiger partial charge in [0.15, 0.2) is 0 Å². The fourth-order valence-electron chi connectivity index (χ4n) is 1.99. The summed E-state index contributed by atoms with van der Waals surface area (Å²) in [5.41, 5.74) is 0. The predicted molar refractivity (Wildman–Crippen MR) is 72.6 cm³/mol. The number of hydrogen-bond acceptors (Lipinski definition) is 6. The van der Waals surface area contributed by atoms with Crippen LogP contribution < -0.4 is 0 Å². The molecule has 10 heteroatoms. The van der Waals surface area contributed by atoms with E-state index in [4.69, 9.17) is 20.4 Å². The van der Waals surface area contributed by atoms with Gasteiger partial charge in [-0.25, -0.2) is 0 Å². The Kier molecular flexibility index (Phi) is 8.05. The van der Waals surface area contributed by atoms with Gasteiger partial charge in [-0.15, -0.1) is 0 Å². The molecule has 0 saturated carbocycles. The van der Waals surface area contributed by atoms with E-state index in [0.717, 1.165) is 9.80 Å². The zero-order valence-electron chi connectivity index (χ0n) is 12.3.